The van der Waals surface area contributed by atoms with Gasteiger partial charge in [-0.3, -0.25) is 4.79 Å². The molecule has 9 heteroatoms. The maximum absolute atomic E-state index is 11.7. The molecule has 3 aromatic rings. The minimum atomic E-state index is -0.834. The number of fused-ring (bicyclic) bond motifs is 1. The number of ether oxygens (including phenoxy) is 1. The van der Waals surface area contributed by atoms with Gasteiger partial charge in [0.2, 0.25) is 5.95 Å². The summed E-state index contributed by atoms with van der Waals surface area (Å²) in [6, 6.07) is 12.2. The third kappa shape index (κ3) is 4.30. The van der Waals surface area contributed by atoms with Gasteiger partial charge in [0, 0.05) is 43.5 Å². The highest BCUT2D eigenvalue weighted by molar-refractivity contribution is 6.33. The van der Waals surface area contributed by atoms with Crippen LogP contribution in [0.3, 0.4) is 0 Å². The second-order valence-electron chi connectivity index (χ2n) is 11.1. The van der Waals surface area contributed by atoms with Crippen molar-refractivity contribution in [1.29, 1.82) is 0 Å². The van der Waals surface area contributed by atoms with Crippen LogP contribution in [0.5, 0.6) is 0 Å². The summed E-state index contributed by atoms with van der Waals surface area (Å²) in [6.07, 6.45) is 3.85. The Kier molecular flexibility index (Phi) is 6.29. The number of aromatic nitrogens is 2. The predicted molar refractivity (Wildman–Crippen MR) is 148 cm³/mol. The molecule has 3 atom stereocenters. The average molecular weight is 534 g/mol. The van der Waals surface area contributed by atoms with Crippen molar-refractivity contribution in [2.45, 2.75) is 50.2 Å². The van der Waals surface area contributed by atoms with Crippen molar-refractivity contribution in [1.82, 2.24) is 14.9 Å². The summed E-state index contributed by atoms with van der Waals surface area (Å²) < 4.78 is 5.87. The number of hydrogen-bond donors (Lipinski definition) is 2. The number of aliphatic carboxylic acids is 1. The van der Waals surface area contributed by atoms with Crippen LogP contribution in [0.1, 0.15) is 60.5 Å². The molecular formula is C29H32ClN5O3. The molecule has 0 saturated heterocycles. The highest BCUT2D eigenvalue weighted by Gasteiger charge is 2.42. The number of rotatable bonds is 6. The number of nitrogens with one attached hydrogen (secondary N) is 1. The number of methoxy groups -OCH3 is 1. The lowest BCUT2D eigenvalue weighted by Crippen LogP contribution is -2.34. The Labute approximate surface area is 227 Å². The van der Waals surface area contributed by atoms with Crippen LogP contribution < -0.4 is 10.2 Å². The summed E-state index contributed by atoms with van der Waals surface area (Å²) in [5.41, 5.74) is 6.26. The largest absolute Gasteiger partial charge is 0.481 e. The van der Waals surface area contributed by atoms with Crippen LogP contribution in [-0.2, 0) is 21.5 Å². The van der Waals surface area contributed by atoms with E-state index in [0.29, 0.717) is 29.3 Å². The summed E-state index contributed by atoms with van der Waals surface area (Å²) in [5, 5.41) is 13.4. The Balaban J connectivity index is 1.36. The fraction of sp³-hybridized carbons (Fsp3) is 0.414. The van der Waals surface area contributed by atoms with E-state index in [1.54, 1.807) is 13.3 Å². The molecule has 1 aliphatic carbocycles. The van der Waals surface area contributed by atoms with Gasteiger partial charge in [0.1, 0.15) is 5.02 Å². The first-order valence-electron chi connectivity index (χ1n) is 13.0. The number of para-hydroxylation sites is 1. The summed E-state index contributed by atoms with van der Waals surface area (Å²) >= 11 is 6.63. The SMILES string of the molecule is COC1CCC2CN(C)Cc3cc(Nc4ncc(Cl)c(N5CC(C)(CC(=O)O)c6ccccc65)n4)cc1c32. The minimum absolute atomic E-state index is 0.0162. The summed E-state index contributed by atoms with van der Waals surface area (Å²) in [5.74, 6) is 0.692. The molecule has 0 bridgehead atoms. The van der Waals surface area contributed by atoms with Crippen molar-refractivity contribution in [3.63, 3.8) is 0 Å². The van der Waals surface area contributed by atoms with Gasteiger partial charge in [-0.25, -0.2) is 4.98 Å². The zero-order valence-corrected chi connectivity index (χ0v) is 22.6. The number of benzene rings is 2. The van der Waals surface area contributed by atoms with Crippen LogP contribution in [0, 0.1) is 0 Å². The summed E-state index contributed by atoms with van der Waals surface area (Å²) in [4.78, 5) is 25.4. The van der Waals surface area contributed by atoms with Crippen LogP contribution in [-0.4, -0.2) is 53.2 Å². The Morgan fingerprint density at radius 1 is 1.29 bits per heavy atom. The van der Waals surface area contributed by atoms with Gasteiger partial charge in [-0.1, -0.05) is 36.7 Å². The molecule has 2 aliphatic heterocycles. The van der Waals surface area contributed by atoms with Crippen LogP contribution in [0.4, 0.5) is 23.1 Å². The maximum atomic E-state index is 11.7. The molecule has 8 nitrogen and oxygen atoms in total. The average Bonchev–Trinajstić information content (AvgIpc) is 3.16. The molecule has 0 fully saturated rings. The number of hydrogen-bond acceptors (Lipinski definition) is 7. The van der Waals surface area contributed by atoms with Crippen LogP contribution >= 0.6 is 11.6 Å². The van der Waals surface area contributed by atoms with E-state index in [0.717, 1.165) is 42.9 Å². The van der Waals surface area contributed by atoms with Crippen molar-refractivity contribution in [2.24, 2.45) is 0 Å². The molecule has 0 radical (unpaired) electrons. The molecular weight excluding hydrogens is 502 g/mol. The number of carboxylic acid groups (broad SMARTS) is 1. The van der Waals surface area contributed by atoms with Crippen molar-refractivity contribution in [2.75, 3.05) is 37.5 Å². The van der Waals surface area contributed by atoms with E-state index >= 15 is 0 Å². The zero-order chi connectivity index (χ0) is 26.6. The first-order valence-corrected chi connectivity index (χ1v) is 13.4. The summed E-state index contributed by atoms with van der Waals surface area (Å²) in [7, 11) is 3.96. The number of nitrogens with zero attached hydrogens (tertiary/aromatic N) is 4. The number of carboxylic acids is 1. The van der Waals surface area contributed by atoms with E-state index < -0.39 is 11.4 Å². The van der Waals surface area contributed by atoms with E-state index in [-0.39, 0.29) is 12.5 Å². The highest BCUT2D eigenvalue weighted by atomic mass is 35.5. The lowest BCUT2D eigenvalue weighted by molar-refractivity contribution is -0.138. The molecule has 38 heavy (non-hydrogen) atoms. The molecule has 3 heterocycles. The molecule has 3 aliphatic rings. The predicted octanol–water partition coefficient (Wildman–Crippen LogP) is 5.77. The van der Waals surface area contributed by atoms with E-state index in [9.17, 15) is 9.90 Å². The number of anilines is 4. The maximum Gasteiger partial charge on any atom is 0.304 e. The van der Waals surface area contributed by atoms with E-state index in [1.165, 1.54) is 16.7 Å². The normalized spacial score (nSPS) is 24.2. The Morgan fingerprint density at radius 3 is 2.89 bits per heavy atom. The van der Waals surface area contributed by atoms with Crippen molar-refractivity contribution in [3.05, 3.63) is 69.9 Å². The number of halogens is 1. The third-order valence-corrected chi connectivity index (χ3v) is 8.48. The van der Waals surface area contributed by atoms with Gasteiger partial charge in [0.25, 0.3) is 0 Å². The monoisotopic (exact) mass is 533 g/mol. The van der Waals surface area contributed by atoms with Crippen molar-refractivity contribution in [3.8, 4) is 0 Å². The van der Waals surface area contributed by atoms with Crippen molar-refractivity contribution < 1.29 is 14.6 Å². The lowest BCUT2D eigenvalue weighted by Gasteiger charge is -2.39. The second kappa shape index (κ2) is 9.52. The van der Waals surface area contributed by atoms with Gasteiger partial charge in [-0.2, -0.15) is 4.98 Å². The molecule has 2 N–H and O–H groups in total. The molecule has 198 valence electrons. The minimum Gasteiger partial charge on any atom is -0.481 e. The van der Waals surface area contributed by atoms with E-state index in [1.807, 2.05) is 36.1 Å². The second-order valence-corrected chi connectivity index (χ2v) is 11.5. The Bertz CT molecular complexity index is 1410. The standard InChI is InChI=1S/C29H32ClN5O3/c1-29(12-25(36)37)16-35(23-7-5-4-6-21(23)29)27-22(30)13-31-28(33-27)32-19-10-18-15-34(2)14-17-8-9-24(38-3)20(11-19)26(17)18/h4-7,10-11,13,17,24H,8-9,12,14-16H2,1-3H3,(H,36,37)(H,31,32,33). The fourth-order valence-electron chi connectivity index (χ4n) is 6.67. The summed E-state index contributed by atoms with van der Waals surface area (Å²) in [6.45, 7) is 4.40. The molecule has 0 amide bonds. The molecule has 6 rings (SSSR count). The topological polar surface area (TPSA) is 90.8 Å². The van der Waals surface area contributed by atoms with Crippen LogP contribution in [0.2, 0.25) is 5.02 Å². The first-order chi connectivity index (χ1) is 18.3. The Hall–Kier alpha value is -3.20. The van der Waals surface area contributed by atoms with Gasteiger partial charge >= 0.3 is 5.97 Å². The molecule has 3 unspecified atom stereocenters. The number of carbonyl (C=O) groups is 1. The lowest BCUT2D eigenvalue weighted by atomic mass is 9.76. The van der Waals surface area contributed by atoms with Crippen LogP contribution in [0.25, 0.3) is 0 Å². The third-order valence-electron chi connectivity index (χ3n) is 8.22. The van der Waals surface area contributed by atoms with Crippen molar-refractivity contribution >= 4 is 40.7 Å². The van der Waals surface area contributed by atoms with Gasteiger partial charge in [0.15, 0.2) is 5.82 Å². The van der Waals surface area contributed by atoms with E-state index in [4.69, 9.17) is 21.3 Å². The molecule has 1 aromatic heterocycles. The first kappa shape index (κ1) is 25.1. The van der Waals surface area contributed by atoms with E-state index in [2.05, 4.69) is 34.4 Å². The smallest absolute Gasteiger partial charge is 0.304 e. The zero-order valence-electron chi connectivity index (χ0n) is 21.9. The van der Waals surface area contributed by atoms with Gasteiger partial charge in [-0.05, 0) is 66.3 Å². The van der Waals surface area contributed by atoms with Gasteiger partial charge < -0.3 is 25.0 Å². The quantitative estimate of drug-likeness (QED) is 0.413. The molecule has 2 aromatic carbocycles. The van der Waals surface area contributed by atoms with Gasteiger partial charge in [0.05, 0.1) is 18.7 Å². The molecule has 0 spiro atoms. The van der Waals surface area contributed by atoms with Crippen LogP contribution in [0.15, 0.2) is 42.6 Å². The molecule has 0 saturated carbocycles. The highest BCUT2D eigenvalue weighted by Crippen LogP contribution is 2.48. The Morgan fingerprint density at radius 2 is 2.11 bits per heavy atom. The van der Waals surface area contributed by atoms with Gasteiger partial charge in [-0.15, -0.1) is 0 Å². The fourth-order valence-corrected chi connectivity index (χ4v) is 6.86. The number of likely N-dealkylation sites (N-methyl/N-ethyl adjacent to an activating group) is 1.